The van der Waals surface area contributed by atoms with Gasteiger partial charge in [0.15, 0.2) is 0 Å². The minimum atomic E-state index is -0.295. The number of fused-ring (bicyclic) bond motifs is 1. The molecule has 2 fully saturated rings. The van der Waals surface area contributed by atoms with E-state index in [0.717, 1.165) is 31.7 Å². The molecule has 0 saturated carbocycles. The van der Waals surface area contributed by atoms with Gasteiger partial charge < -0.3 is 20.1 Å². The Bertz CT molecular complexity index is 787. The first-order chi connectivity index (χ1) is 12.6. The quantitative estimate of drug-likeness (QED) is 0.828. The van der Waals surface area contributed by atoms with E-state index in [1.54, 1.807) is 0 Å². The van der Waals surface area contributed by atoms with Gasteiger partial charge in [-0.2, -0.15) is 4.98 Å². The third-order valence-corrected chi connectivity index (χ3v) is 5.55. The number of aryl methyl sites for hydroxylation is 1. The number of hydrogen-bond acceptors (Lipinski definition) is 6. The van der Waals surface area contributed by atoms with Crippen molar-refractivity contribution >= 4 is 5.91 Å². The molecule has 4 rings (SSSR count). The second-order valence-electron chi connectivity index (χ2n) is 7.56. The molecule has 2 atom stereocenters. The Kier molecular flexibility index (Phi) is 4.50. The molecule has 0 radical (unpaired) electrons. The summed E-state index contributed by atoms with van der Waals surface area (Å²) in [5.41, 5.74) is 1.83. The van der Waals surface area contributed by atoms with Crippen LogP contribution in [-0.2, 0) is 11.2 Å². The number of benzene rings is 1. The number of nitrogens with zero attached hydrogens (tertiary/aromatic N) is 3. The number of amides is 1. The summed E-state index contributed by atoms with van der Waals surface area (Å²) in [5, 5.41) is 10.5. The second-order valence-corrected chi connectivity index (χ2v) is 7.56. The molecule has 0 aliphatic carbocycles. The average Bonchev–Trinajstić information content (AvgIpc) is 3.30. The van der Waals surface area contributed by atoms with Crippen LogP contribution >= 0.6 is 0 Å². The van der Waals surface area contributed by atoms with E-state index in [1.807, 2.05) is 31.2 Å². The van der Waals surface area contributed by atoms with Crippen LogP contribution in [0.3, 0.4) is 0 Å². The summed E-state index contributed by atoms with van der Waals surface area (Å²) in [6, 6.07) is 8.01. The lowest BCUT2D eigenvalue weighted by Crippen LogP contribution is -2.47. The van der Waals surface area contributed by atoms with Crippen LogP contribution in [0.25, 0.3) is 11.4 Å². The van der Waals surface area contributed by atoms with Crippen molar-refractivity contribution in [1.29, 1.82) is 0 Å². The van der Waals surface area contributed by atoms with Gasteiger partial charge in [0.1, 0.15) is 0 Å². The van der Waals surface area contributed by atoms with Crippen LogP contribution < -0.4 is 10.6 Å². The van der Waals surface area contributed by atoms with Gasteiger partial charge in [0.25, 0.3) is 0 Å². The molecule has 1 aromatic carbocycles. The van der Waals surface area contributed by atoms with Crippen molar-refractivity contribution < 1.29 is 9.32 Å². The first-order valence-electron chi connectivity index (χ1n) is 9.14. The fourth-order valence-electron chi connectivity index (χ4n) is 4.13. The van der Waals surface area contributed by atoms with E-state index in [2.05, 4.69) is 32.7 Å². The van der Waals surface area contributed by atoms with Crippen LogP contribution in [0.5, 0.6) is 0 Å². The van der Waals surface area contributed by atoms with E-state index in [1.165, 1.54) is 5.56 Å². The molecular formula is C19H25N5O2. The normalized spacial score (nSPS) is 25.4. The molecule has 2 aliphatic heterocycles. The number of rotatable bonds is 5. The number of nitrogens with one attached hydrogen (secondary N) is 2. The van der Waals surface area contributed by atoms with E-state index in [-0.39, 0.29) is 11.3 Å². The standard InChI is InChI=1S/C19H25N5O2/c1-13-3-5-14(6-4-13)17-22-16(26-23-17)7-8-21-18(25)19-11-20-9-15(19)10-24(2)12-19/h3-6,15,20H,7-12H2,1-2H3,(H,21,25)/t15-,19-/m1/s1. The van der Waals surface area contributed by atoms with Gasteiger partial charge >= 0.3 is 0 Å². The monoisotopic (exact) mass is 355 g/mol. The van der Waals surface area contributed by atoms with E-state index >= 15 is 0 Å². The minimum Gasteiger partial charge on any atom is -0.355 e. The number of carbonyl (C=O) groups is 1. The van der Waals surface area contributed by atoms with Crippen molar-refractivity contribution in [3.8, 4) is 11.4 Å². The van der Waals surface area contributed by atoms with E-state index in [0.29, 0.717) is 30.6 Å². The molecule has 0 bridgehead atoms. The summed E-state index contributed by atoms with van der Waals surface area (Å²) in [6.45, 7) is 6.01. The van der Waals surface area contributed by atoms with Crippen molar-refractivity contribution in [1.82, 2.24) is 25.7 Å². The van der Waals surface area contributed by atoms with Crippen molar-refractivity contribution in [3.05, 3.63) is 35.7 Å². The molecule has 3 heterocycles. The Labute approximate surface area is 153 Å². The molecule has 26 heavy (non-hydrogen) atoms. The zero-order valence-electron chi connectivity index (χ0n) is 15.3. The number of carbonyl (C=O) groups excluding carboxylic acids is 1. The molecular weight excluding hydrogens is 330 g/mol. The summed E-state index contributed by atoms with van der Waals surface area (Å²) in [7, 11) is 2.08. The highest BCUT2D eigenvalue weighted by atomic mass is 16.5. The van der Waals surface area contributed by atoms with Gasteiger partial charge in [0, 0.05) is 50.6 Å². The van der Waals surface area contributed by atoms with Crippen LogP contribution in [0.15, 0.2) is 28.8 Å². The number of aromatic nitrogens is 2. The van der Waals surface area contributed by atoms with Crippen LogP contribution in [0.1, 0.15) is 11.5 Å². The molecule has 2 N–H and O–H groups in total. The van der Waals surface area contributed by atoms with Gasteiger partial charge in [0.2, 0.25) is 17.6 Å². The van der Waals surface area contributed by atoms with Crippen molar-refractivity contribution in [3.63, 3.8) is 0 Å². The Balaban J connectivity index is 1.34. The predicted molar refractivity (Wildman–Crippen MR) is 97.5 cm³/mol. The highest BCUT2D eigenvalue weighted by molar-refractivity contribution is 5.84. The fraction of sp³-hybridized carbons (Fsp3) is 0.526. The summed E-state index contributed by atoms with van der Waals surface area (Å²) in [5.74, 6) is 1.66. The predicted octanol–water partition coefficient (Wildman–Crippen LogP) is 0.855. The smallest absolute Gasteiger partial charge is 0.229 e. The van der Waals surface area contributed by atoms with Crippen molar-refractivity contribution in [2.45, 2.75) is 13.3 Å². The highest BCUT2D eigenvalue weighted by Gasteiger charge is 2.53. The average molecular weight is 355 g/mol. The Hall–Kier alpha value is -2.25. The topological polar surface area (TPSA) is 83.3 Å². The molecule has 7 heteroatoms. The Morgan fingerprint density at radius 3 is 3.04 bits per heavy atom. The molecule has 1 aromatic heterocycles. The first kappa shape index (κ1) is 17.2. The zero-order valence-corrected chi connectivity index (χ0v) is 15.3. The first-order valence-corrected chi connectivity index (χ1v) is 9.14. The zero-order chi connectivity index (χ0) is 18.1. The summed E-state index contributed by atoms with van der Waals surface area (Å²) in [4.78, 5) is 19.5. The van der Waals surface area contributed by atoms with Crippen LogP contribution in [0.2, 0.25) is 0 Å². The van der Waals surface area contributed by atoms with Gasteiger partial charge in [0.05, 0.1) is 5.41 Å². The molecule has 138 valence electrons. The van der Waals surface area contributed by atoms with E-state index in [4.69, 9.17) is 4.52 Å². The number of likely N-dealkylation sites (tertiary alicyclic amines) is 1. The van der Waals surface area contributed by atoms with Gasteiger partial charge in [-0.1, -0.05) is 35.0 Å². The second kappa shape index (κ2) is 6.81. The van der Waals surface area contributed by atoms with Gasteiger partial charge in [-0.3, -0.25) is 4.79 Å². The van der Waals surface area contributed by atoms with E-state index < -0.39 is 0 Å². The third kappa shape index (κ3) is 3.12. The molecule has 2 saturated heterocycles. The largest absolute Gasteiger partial charge is 0.355 e. The molecule has 2 aromatic rings. The molecule has 0 unspecified atom stereocenters. The maximum atomic E-state index is 12.8. The summed E-state index contributed by atoms with van der Waals surface area (Å²) < 4.78 is 5.33. The van der Waals surface area contributed by atoms with Crippen LogP contribution in [0, 0.1) is 18.3 Å². The summed E-state index contributed by atoms with van der Waals surface area (Å²) >= 11 is 0. The third-order valence-electron chi connectivity index (χ3n) is 5.55. The minimum absolute atomic E-state index is 0.134. The van der Waals surface area contributed by atoms with Gasteiger partial charge in [-0.05, 0) is 14.0 Å². The lowest BCUT2D eigenvalue weighted by molar-refractivity contribution is -0.130. The van der Waals surface area contributed by atoms with Crippen LogP contribution in [-0.4, -0.2) is 60.7 Å². The van der Waals surface area contributed by atoms with Gasteiger partial charge in [-0.25, -0.2) is 0 Å². The fourth-order valence-corrected chi connectivity index (χ4v) is 4.13. The number of hydrogen-bond donors (Lipinski definition) is 2. The maximum Gasteiger partial charge on any atom is 0.229 e. The molecule has 7 nitrogen and oxygen atoms in total. The SMILES string of the molecule is Cc1ccc(-c2noc(CCNC(=O)[C@@]34CNC[C@@H]3CN(C)C4)n2)cc1. The van der Waals surface area contributed by atoms with Crippen molar-refractivity contribution in [2.75, 3.05) is 39.8 Å². The molecule has 1 amide bonds. The van der Waals surface area contributed by atoms with Crippen molar-refractivity contribution in [2.24, 2.45) is 11.3 Å². The lowest BCUT2D eigenvalue weighted by atomic mass is 9.80. The Morgan fingerprint density at radius 1 is 1.42 bits per heavy atom. The van der Waals surface area contributed by atoms with Gasteiger partial charge in [-0.15, -0.1) is 0 Å². The highest BCUT2D eigenvalue weighted by Crippen LogP contribution is 2.38. The molecule has 2 aliphatic rings. The Morgan fingerprint density at radius 2 is 2.23 bits per heavy atom. The maximum absolute atomic E-state index is 12.8. The molecule has 0 spiro atoms. The lowest BCUT2D eigenvalue weighted by Gasteiger charge is -2.26. The summed E-state index contributed by atoms with van der Waals surface area (Å²) in [6.07, 6.45) is 0.536. The van der Waals surface area contributed by atoms with E-state index in [9.17, 15) is 4.79 Å². The van der Waals surface area contributed by atoms with Crippen LogP contribution in [0.4, 0.5) is 0 Å².